The van der Waals surface area contributed by atoms with E-state index in [1.54, 1.807) is 24.3 Å². The Bertz CT molecular complexity index is 1530. The molecular weight excluding hydrogens is 523 g/mol. The molecule has 2 fully saturated rings. The number of amides is 2. The van der Waals surface area contributed by atoms with Gasteiger partial charge < -0.3 is 4.74 Å². The zero-order valence-electron chi connectivity index (χ0n) is 19.6. The van der Waals surface area contributed by atoms with Gasteiger partial charge in [0.2, 0.25) is 29.0 Å². The number of carbonyl (C=O) groups excluding carboxylic acids is 4. The van der Waals surface area contributed by atoms with Crippen LogP contribution < -0.4 is 4.90 Å². The molecule has 2 aliphatic heterocycles. The summed E-state index contributed by atoms with van der Waals surface area (Å²) in [6.07, 6.45) is -5.92. The summed E-state index contributed by atoms with van der Waals surface area (Å²) >= 11 is 6.01. The predicted octanol–water partition coefficient (Wildman–Crippen LogP) is 5.36. The summed E-state index contributed by atoms with van der Waals surface area (Å²) in [6.45, 7) is 1.47. The normalized spacial score (nSPS) is 23.9. The van der Waals surface area contributed by atoms with Crippen molar-refractivity contribution in [2.24, 2.45) is 11.8 Å². The SMILES string of the molecule is Cc1ccc(C(F)(F)F)cc1N1C(=O)[C@@H]2[C@@H](c3ccc(Cl)cc3)OC3(C(=O)c4ccccc4C3=O)[C@H]2C1=O. The van der Waals surface area contributed by atoms with E-state index < -0.39 is 58.7 Å². The number of nitrogens with zero attached hydrogens (tertiary/aromatic N) is 1. The van der Waals surface area contributed by atoms with Gasteiger partial charge >= 0.3 is 6.18 Å². The number of imide groups is 1. The van der Waals surface area contributed by atoms with Crippen molar-refractivity contribution in [3.05, 3.63) is 99.6 Å². The van der Waals surface area contributed by atoms with Crippen LogP contribution in [0.3, 0.4) is 0 Å². The number of ketones is 2. The molecule has 2 heterocycles. The Kier molecular flexibility index (Phi) is 5.22. The van der Waals surface area contributed by atoms with Crippen molar-refractivity contribution in [3.8, 4) is 0 Å². The molecule has 2 saturated heterocycles. The number of anilines is 1. The third-order valence-corrected chi connectivity index (χ3v) is 7.75. The number of halogens is 4. The fourth-order valence-corrected chi connectivity index (χ4v) is 5.86. The first-order valence-corrected chi connectivity index (χ1v) is 12.0. The first-order chi connectivity index (χ1) is 18.0. The van der Waals surface area contributed by atoms with Gasteiger partial charge in [0.25, 0.3) is 0 Å². The van der Waals surface area contributed by atoms with E-state index in [0.717, 1.165) is 18.2 Å². The van der Waals surface area contributed by atoms with Gasteiger partial charge in [0.05, 0.1) is 29.2 Å². The minimum absolute atomic E-state index is 0.0574. The van der Waals surface area contributed by atoms with Gasteiger partial charge in [-0.05, 0) is 42.3 Å². The van der Waals surface area contributed by atoms with Gasteiger partial charge in [0, 0.05) is 16.1 Å². The van der Waals surface area contributed by atoms with E-state index in [2.05, 4.69) is 0 Å². The number of benzene rings is 3. The van der Waals surface area contributed by atoms with E-state index >= 15 is 0 Å². The molecule has 0 N–H and O–H groups in total. The molecule has 1 spiro atoms. The number of ether oxygens (including phenoxy) is 1. The molecule has 192 valence electrons. The average Bonchev–Trinajstić information content (AvgIpc) is 3.44. The maximum Gasteiger partial charge on any atom is 0.416 e. The van der Waals surface area contributed by atoms with Crippen LogP contribution in [0.4, 0.5) is 18.9 Å². The third kappa shape index (κ3) is 3.18. The van der Waals surface area contributed by atoms with Gasteiger partial charge in [-0.3, -0.25) is 19.2 Å². The van der Waals surface area contributed by atoms with Crippen LogP contribution in [-0.4, -0.2) is 29.0 Å². The lowest BCUT2D eigenvalue weighted by atomic mass is 9.77. The molecule has 3 aromatic carbocycles. The van der Waals surface area contributed by atoms with Gasteiger partial charge in [-0.25, -0.2) is 4.90 Å². The van der Waals surface area contributed by atoms with Crippen LogP contribution in [0, 0.1) is 18.8 Å². The van der Waals surface area contributed by atoms with E-state index in [1.807, 2.05) is 0 Å². The highest BCUT2D eigenvalue weighted by molar-refractivity contribution is 6.37. The Balaban J connectivity index is 1.54. The van der Waals surface area contributed by atoms with Crippen molar-refractivity contribution in [1.82, 2.24) is 0 Å². The van der Waals surface area contributed by atoms with Gasteiger partial charge in [0.15, 0.2) is 0 Å². The zero-order chi connectivity index (χ0) is 27.1. The first kappa shape index (κ1) is 24.5. The molecule has 2 amide bonds. The smallest absolute Gasteiger partial charge is 0.349 e. The lowest BCUT2D eigenvalue weighted by Crippen LogP contribution is -2.51. The lowest BCUT2D eigenvalue weighted by Gasteiger charge is -2.28. The van der Waals surface area contributed by atoms with E-state index in [4.69, 9.17) is 16.3 Å². The fourth-order valence-electron chi connectivity index (χ4n) is 5.73. The highest BCUT2D eigenvalue weighted by Crippen LogP contribution is 2.58. The van der Waals surface area contributed by atoms with Gasteiger partial charge in [-0.1, -0.05) is 54.1 Å². The second kappa shape index (κ2) is 8.09. The molecule has 0 unspecified atom stereocenters. The summed E-state index contributed by atoms with van der Waals surface area (Å²) in [5.41, 5.74) is -2.88. The van der Waals surface area contributed by atoms with E-state index in [9.17, 15) is 32.3 Å². The van der Waals surface area contributed by atoms with Crippen molar-refractivity contribution < 1.29 is 37.1 Å². The fraction of sp³-hybridized carbons (Fsp3) is 0.214. The molecule has 0 aromatic heterocycles. The van der Waals surface area contributed by atoms with Crippen LogP contribution in [0.15, 0.2) is 66.7 Å². The Morgan fingerprint density at radius 1 is 0.868 bits per heavy atom. The van der Waals surface area contributed by atoms with Crippen molar-refractivity contribution in [3.63, 3.8) is 0 Å². The summed E-state index contributed by atoms with van der Waals surface area (Å²) < 4.78 is 46.7. The van der Waals surface area contributed by atoms with Gasteiger partial charge in [-0.2, -0.15) is 13.2 Å². The maximum atomic E-state index is 14.0. The average molecular weight is 540 g/mol. The molecule has 10 heteroatoms. The lowest BCUT2D eigenvalue weighted by molar-refractivity contribution is -0.137. The van der Waals surface area contributed by atoms with E-state index in [-0.39, 0.29) is 22.4 Å². The van der Waals surface area contributed by atoms with Crippen LogP contribution in [0.25, 0.3) is 0 Å². The number of carbonyl (C=O) groups is 4. The topological polar surface area (TPSA) is 80.8 Å². The second-order valence-corrected chi connectivity index (χ2v) is 9.98. The van der Waals surface area contributed by atoms with Crippen molar-refractivity contribution in [1.29, 1.82) is 0 Å². The summed E-state index contributed by atoms with van der Waals surface area (Å²) in [5.74, 6) is -6.23. The molecule has 3 atom stereocenters. The second-order valence-electron chi connectivity index (χ2n) is 9.54. The number of rotatable bonds is 2. The van der Waals surface area contributed by atoms with Crippen LogP contribution in [0.5, 0.6) is 0 Å². The Labute approximate surface area is 218 Å². The van der Waals surface area contributed by atoms with E-state index in [0.29, 0.717) is 15.5 Å². The molecule has 3 aromatic rings. The molecular formula is C28H17ClF3NO5. The highest BCUT2D eigenvalue weighted by Gasteiger charge is 2.74. The minimum atomic E-state index is -4.72. The molecule has 6 nitrogen and oxygen atoms in total. The maximum absolute atomic E-state index is 14.0. The monoisotopic (exact) mass is 539 g/mol. The van der Waals surface area contributed by atoms with Gasteiger partial charge in [-0.15, -0.1) is 0 Å². The largest absolute Gasteiger partial charge is 0.416 e. The zero-order valence-corrected chi connectivity index (χ0v) is 20.3. The highest BCUT2D eigenvalue weighted by atomic mass is 35.5. The number of Topliss-reactive ketones (excluding diaryl/α,β-unsaturated/α-hetero) is 2. The molecule has 0 bridgehead atoms. The Morgan fingerprint density at radius 3 is 2.05 bits per heavy atom. The van der Waals surface area contributed by atoms with Crippen molar-refractivity contribution >= 4 is 40.7 Å². The first-order valence-electron chi connectivity index (χ1n) is 11.6. The molecule has 0 saturated carbocycles. The number of hydrogen-bond acceptors (Lipinski definition) is 5. The van der Waals surface area contributed by atoms with E-state index in [1.165, 1.54) is 31.2 Å². The summed E-state index contributed by atoms with van der Waals surface area (Å²) in [7, 11) is 0. The van der Waals surface area contributed by atoms with Gasteiger partial charge in [0.1, 0.15) is 0 Å². The predicted molar refractivity (Wildman–Crippen MR) is 129 cm³/mol. The molecule has 38 heavy (non-hydrogen) atoms. The molecule has 0 radical (unpaired) electrons. The Hall–Kier alpha value is -3.82. The number of aryl methyl sites for hydroxylation is 1. The molecule has 6 rings (SSSR count). The number of alkyl halides is 3. The Morgan fingerprint density at radius 2 is 1.47 bits per heavy atom. The summed E-state index contributed by atoms with van der Waals surface area (Å²) in [6, 6.07) is 14.9. The van der Waals surface area contributed by atoms with Crippen LogP contribution in [0.1, 0.15) is 43.5 Å². The number of fused-ring (bicyclic) bond motifs is 3. The standard InChI is InChI=1S/C28H17ClF3NO5/c1-13-6-9-15(28(30,31)32)12-19(13)33-25(36)20-21(26(33)37)27(38-22(20)14-7-10-16(29)11-8-14)23(34)17-4-2-3-5-18(17)24(27)35/h2-12,20-22H,1H3/t20-,21+,22+/m0/s1. The molecule has 1 aliphatic carbocycles. The summed E-state index contributed by atoms with van der Waals surface area (Å²) in [4.78, 5) is 56.0. The summed E-state index contributed by atoms with van der Waals surface area (Å²) in [5, 5.41) is 0.383. The van der Waals surface area contributed by atoms with Crippen LogP contribution in [-0.2, 0) is 20.5 Å². The van der Waals surface area contributed by atoms with Crippen molar-refractivity contribution in [2.45, 2.75) is 24.8 Å². The van der Waals surface area contributed by atoms with Crippen molar-refractivity contribution in [2.75, 3.05) is 4.90 Å². The minimum Gasteiger partial charge on any atom is -0.349 e. The molecule has 3 aliphatic rings. The quantitative estimate of drug-likeness (QED) is 0.323. The van der Waals surface area contributed by atoms with Crippen LogP contribution >= 0.6 is 11.6 Å². The number of hydrogen-bond donors (Lipinski definition) is 0. The third-order valence-electron chi connectivity index (χ3n) is 7.49. The van der Waals surface area contributed by atoms with Crippen LogP contribution in [0.2, 0.25) is 5.02 Å².